The summed E-state index contributed by atoms with van der Waals surface area (Å²) < 4.78 is 15.9. The lowest BCUT2D eigenvalue weighted by Gasteiger charge is -2.21. The van der Waals surface area contributed by atoms with Crippen LogP contribution in [0, 0.1) is 18.2 Å². The van der Waals surface area contributed by atoms with Crippen molar-refractivity contribution < 1.29 is 4.39 Å². The average molecular weight is 363 g/mol. The minimum atomic E-state index is -0.503. The quantitative estimate of drug-likeness (QED) is 0.696. The molecule has 1 aromatic carbocycles. The SMILES string of the molecule is C#Cc1c(N)ncnc1N[C@@H](C)c1cc2cccc(F)c2c(=O)n1C1CC1. The van der Waals surface area contributed by atoms with Gasteiger partial charge in [0.1, 0.15) is 29.3 Å². The maximum Gasteiger partial charge on any atom is 0.261 e. The highest BCUT2D eigenvalue weighted by Crippen LogP contribution is 2.37. The van der Waals surface area contributed by atoms with Crippen LogP contribution in [0.15, 0.2) is 35.4 Å². The third-order valence-corrected chi connectivity index (χ3v) is 4.79. The van der Waals surface area contributed by atoms with Crippen molar-refractivity contribution in [2.75, 3.05) is 11.1 Å². The summed E-state index contributed by atoms with van der Waals surface area (Å²) in [5, 5.41) is 3.91. The average Bonchev–Trinajstić information content (AvgIpc) is 3.46. The van der Waals surface area contributed by atoms with Crippen LogP contribution in [0.4, 0.5) is 16.0 Å². The molecule has 1 saturated carbocycles. The van der Waals surface area contributed by atoms with Crippen molar-refractivity contribution in [2.45, 2.75) is 31.8 Å². The van der Waals surface area contributed by atoms with E-state index in [9.17, 15) is 9.18 Å². The fourth-order valence-corrected chi connectivity index (χ4v) is 3.33. The Morgan fingerprint density at radius 3 is 2.89 bits per heavy atom. The van der Waals surface area contributed by atoms with Crippen molar-refractivity contribution in [3.05, 3.63) is 58.0 Å². The number of hydrogen-bond donors (Lipinski definition) is 2. The number of nitrogens with one attached hydrogen (secondary N) is 1. The third kappa shape index (κ3) is 2.89. The van der Waals surface area contributed by atoms with Gasteiger partial charge in [-0.05, 0) is 37.3 Å². The molecule has 0 radical (unpaired) electrons. The highest BCUT2D eigenvalue weighted by Gasteiger charge is 2.30. The second kappa shape index (κ2) is 6.40. The molecule has 0 amide bonds. The van der Waals surface area contributed by atoms with Gasteiger partial charge in [0.2, 0.25) is 0 Å². The molecule has 0 unspecified atom stereocenters. The molecule has 3 aromatic rings. The standard InChI is InChI=1S/C20H18FN5O/c1-3-14-18(22)23-10-24-19(14)25-11(2)16-9-12-5-4-6-15(21)17(12)20(27)26(16)13-7-8-13/h1,4-6,9-11,13H,7-8H2,2H3,(H3,22,23,24,25)/t11-/m0/s1. The predicted molar refractivity (Wildman–Crippen MR) is 103 cm³/mol. The Morgan fingerprint density at radius 1 is 1.41 bits per heavy atom. The van der Waals surface area contributed by atoms with E-state index in [0.29, 0.717) is 16.8 Å². The number of pyridine rings is 1. The summed E-state index contributed by atoms with van der Waals surface area (Å²) in [6, 6.07) is 6.28. The van der Waals surface area contributed by atoms with Crippen LogP contribution >= 0.6 is 0 Å². The summed E-state index contributed by atoms with van der Waals surface area (Å²) in [6.07, 6.45) is 8.65. The van der Waals surface area contributed by atoms with E-state index in [0.717, 1.165) is 18.5 Å². The van der Waals surface area contributed by atoms with Gasteiger partial charge >= 0.3 is 0 Å². The number of fused-ring (bicyclic) bond motifs is 1. The highest BCUT2D eigenvalue weighted by molar-refractivity contribution is 5.82. The maximum atomic E-state index is 14.3. The molecule has 1 aliphatic rings. The van der Waals surface area contributed by atoms with Crippen LogP contribution in [0.3, 0.4) is 0 Å². The predicted octanol–water partition coefficient (Wildman–Crippen LogP) is 3.00. The van der Waals surface area contributed by atoms with E-state index in [-0.39, 0.29) is 28.8 Å². The van der Waals surface area contributed by atoms with E-state index < -0.39 is 5.82 Å². The van der Waals surface area contributed by atoms with Crippen molar-refractivity contribution in [3.8, 4) is 12.3 Å². The lowest BCUT2D eigenvalue weighted by atomic mass is 10.1. The van der Waals surface area contributed by atoms with Crippen LogP contribution in [0.5, 0.6) is 0 Å². The number of nitrogen functional groups attached to an aromatic ring is 1. The first-order chi connectivity index (χ1) is 13.0. The molecule has 0 bridgehead atoms. The van der Waals surface area contributed by atoms with Gasteiger partial charge in [0.05, 0.1) is 11.4 Å². The maximum absolute atomic E-state index is 14.3. The Balaban J connectivity index is 1.84. The summed E-state index contributed by atoms with van der Waals surface area (Å²) in [7, 11) is 0. The van der Waals surface area contributed by atoms with Gasteiger partial charge in [-0.15, -0.1) is 6.42 Å². The van der Waals surface area contributed by atoms with Gasteiger partial charge < -0.3 is 15.6 Å². The van der Waals surface area contributed by atoms with Gasteiger partial charge in [-0.2, -0.15) is 0 Å². The molecule has 27 heavy (non-hydrogen) atoms. The van der Waals surface area contributed by atoms with Crippen molar-refractivity contribution in [2.24, 2.45) is 0 Å². The van der Waals surface area contributed by atoms with Gasteiger partial charge in [0.15, 0.2) is 0 Å². The molecule has 1 aliphatic carbocycles. The third-order valence-electron chi connectivity index (χ3n) is 4.79. The molecule has 2 aromatic heterocycles. The molecule has 7 heteroatoms. The van der Waals surface area contributed by atoms with Crippen molar-refractivity contribution in [3.63, 3.8) is 0 Å². The summed E-state index contributed by atoms with van der Waals surface area (Å²) in [5.74, 6) is 2.62. The minimum absolute atomic E-state index is 0.0864. The van der Waals surface area contributed by atoms with Gasteiger partial charge in [-0.3, -0.25) is 4.79 Å². The molecule has 0 spiro atoms. The lowest BCUT2D eigenvalue weighted by molar-refractivity contribution is 0.617. The number of nitrogens with zero attached hydrogens (tertiary/aromatic N) is 3. The van der Waals surface area contributed by atoms with E-state index in [2.05, 4.69) is 21.2 Å². The molecule has 0 aliphatic heterocycles. The highest BCUT2D eigenvalue weighted by atomic mass is 19.1. The molecule has 2 heterocycles. The molecule has 1 fully saturated rings. The molecular formula is C20H18FN5O. The molecule has 4 rings (SSSR count). The van der Waals surface area contributed by atoms with Crippen LogP contribution in [-0.4, -0.2) is 14.5 Å². The number of anilines is 2. The van der Waals surface area contributed by atoms with Crippen LogP contribution < -0.4 is 16.6 Å². The zero-order valence-corrected chi connectivity index (χ0v) is 14.7. The molecule has 0 saturated heterocycles. The summed E-state index contributed by atoms with van der Waals surface area (Å²) in [6.45, 7) is 1.90. The fourth-order valence-electron chi connectivity index (χ4n) is 3.33. The normalized spacial score (nSPS) is 14.7. The number of benzene rings is 1. The van der Waals surface area contributed by atoms with Gasteiger partial charge in [-0.1, -0.05) is 18.1 Å². The Morgan fingerprint density at radius 2 is 2.19 bits per heavy atom. The largest absolute Gasteiger partial charge is 0.382 e. The summed E-state index contributed by atoms with van der Waals surface area (Å²) >= 11 is 0. The van der Waals surface area contributed by atoms with Crippen LogP contribution in [0.2, 0.25) is 0 Å². The number of rotatable bonds is 4. The Bertz CT molecular complexity index is 1140. The lowest BCUT2D eigenvalue weighted by Crippen LogP contribution is -2.27. The van der Waals surface area contributed by atoms with Crippen molar-refractivity contribution >= 4 is 22.4 Å². The van der Waals surface area contributed by atoms with Crippen LogP contribution in [-0.2, 0) is 0 Å². The number of aromatic nitrogens is 3. The zero-order chi connectivity index (χ0) is 19.1. The van der Waals surface area contributed by atoms with Gasteiger partial charge in [0, 0.05) is 11.7 Å². The first kappa shape index (κ1) is 17.0. The molecule has 136 valence electrons. The molecule has 6 nitrogen and oxygen atoms in total. The second-order valence-electron chi connectivity index (χ2n) is 6.67. The Kier molecular flexibility index (Phi) is 4.04. The fraction of sp³-hybridized carbons (Fsp3) is 0.250. The van der Waals surface area contributed by atoms with Crippen molar-refractivity contribution in [1.29, 1.82) is 0 Å². The molecule has 3 N–H and O–H groups in total. The summed E-state index contributed by atoms with van der Waals surface area (Å²) in [5.41, 5.74) is 6.63. The smallest absolute Gasteiger partial charge is 0.261 e. The van der Waals surface area contributed by atoms with E-state index in [1.807, 2.05) is 13.0 Å². The Labute approximate surface area is 155 Å². The van der Waals surface area contributed by atoms with Crippen LogP contribution in [0.1, 0.15) is 43.1 Å². The second-order valence-corrected chi connectivity index (χ2v) is 6.67. The first-order valence-corrected chi connectivity index (χ1v) is 8.68. The van der Waals surface area contributed by atoms with E-state index >= 15 is 0 Å². The molecular weight excluding hydrogens is 345 g/mol. The number of nitrogens with two attached hydrogens (primary N) is 1. The number of hydrogen-bond acceptors (Lipinski definition) is 5. The van der Waals surface area contributed by atoms with Crippen molar-refractivity contribution in [1.82, 2.24) is 14.5 Å². The monoisotopic (exact) mass is 363 g/mol. The minimum Gasteiger partial charge on any atom is -0.382 e. The zero-order valence-electron chi connectivity index (χ0n) is 14.7. The van der Waals surface area contributed by atoms with E-state index in [4.69, 9.17) is 12.2 Å². The van der Waals surface area contributed by atoms with E-state index in [1.165, 1.54) is 12.4 Å². The topological polar surface area (TPSA) is 85.8 Å². The first-order valence-electron chi connectivity index (χ1n) is 8.68. The van der Waals surface area contributed by atoms with Crippen LogP contribution in [0.25, 0.3) is 10.8 Å². The number of halogens is 1. The number of terminal acetylenes is 1. The van der Waals surface area contributed by atoms with E-state index in [1.54, 1.807) is 16.7 Å². The molecule has 1 atom stereocenters. The Hall–Kier alpha value is -3.40. The summed E-state index contributed by atoms with van der Waals surface area (Å²) in [4.78, 5) is 21.1. The van der Waals surface area contributed by atoms with Gasteiger partial charge in [-0.25, -0.2) is 14.4 Å². The van der Waals surface area contributed by atoms with Gasteiger partial charge in [0.25, 0.3) is 5.56 Å².